The first-order valence-electron chi connectivity index (χ1n) is 10.7. The number of nitrogens with one attached hydrogen (secondary N) is 1. The van der Waals surface area contributed by atoms with Crippen molar-refractivity contribution < 1.29 is 13.2 Å². The van der Waals surface area contributed by atoms with Crippen molar-refractivity contribution in [3.05, 3.63) is 40.2 Å². The average molecular weight is 432 g/mol. The van der Waals surface area contributed by atoms with Crippen molar-refractivity contribution in [2.45, 2.75) is 56.4 Å². The molecule has 1 aromatic heterocycles. The summed E-state index contributed by atoms with van der Waals surface area (Å²) >= 11 is 0. The molecule has 2 heterocycles. The first kappa shape index (κ1) is 21.1. The molecule has 0 bridgehead atoms. The minimum absolute atomic E-state index is 0.0542. The van der Waals surface area contributed by atoms with Crippen LogP contribution in [0.1, 0.15) is 55.8 Å². The third kappa shape index (κ3) is 3.78. The SMILES string of the molecule is C[C@H]1CCCC[C@H]1NC(=O)c1cn(C)c2ccc(S(=O)(=O)N3CCCC3)cc2c1=O. The average Bonchev–Trinajstić information content (AvgIpc) is 3.28. The number of sulfonamides is 1. The molecule has 1 aliphatic carbocycles. The van der Waals surface area contributed by atoms with E-state index in [1.807, 2.05) is 0 Å². The minimum Gasteiger partial charge on any atom is -0.350 e. The molecular formula is C22H29N3O4S. The molecule has 0 radical (unpaired) electrons. The van der Waals surface area contributed by atoms with Gasteiger partial charge in [0.25, 0.3) is 5.91 Å². The van der Waals surface area contributed by atoms with Gasteiger partial charge < -0.3 is 9.88 Å². The van der Waals surface area contributed by atoms with Crippen molar-refractivity contribution in [3.63, 3.8) is 0 Å². The van der Waals surface area contributed by atoms with E-state index in [9.17, 15) is 18.0 Å². The van der Waals surface area contributed by atoms with Gasteiger partial charge in [-0.1, -0.05) is 19.8 Å². The monoisotopic (exact) mass is 431 g/mol. The lowest BCUT2D eigenvalue weighted by molar-refractivity contribution is 0.0908. The smallest absolute Gasteiger partial charge is 0.256 e. The number of aromatic nitrogens is 1. The van der Waals surface area contributed by atoms with E-state index in [4.69, 9.17) is 0 Å². The highest BCUT2D eigenvalue weighted by Crippen LogP contribution is 2.25. The Kier molecular flexibility index (Phi) is 5.72. The van der Waals surface area contributed by atoms with Crippen LogP contribution >= 0.6 is 0 Å². The summed E-state index contributed by atoms with van der Waals surface area (Å²) < 4.78 is 29.0. The van der Waals surface area contributed by atoms with Crippen LogP contribution < -0.4 is 10.7 Å². The topological polar surface area (TPSA) is 88.5 Å². The number of hydrogen-bond donors (Lipinski definition) is 1. The number of benzene rings is 1. The Hall–Kier alpha value is -2.19. The van der Waals surface area contributed by atoms with Gasteiger partial charge in [0.15, 0.2) is 0 Å². The van der Waals surface area contributed by atoms with E-state index < -0.39 is 15.5 Å². The second-order valence-electron chi connectivity index (χ2n) is 8.61. The number of nitrogens with zero attached hydrogens (tertiary/aromatic N) is 2. The summed E-state index contributed by atoms with van der Waals surface area (Å²) in [5, 5.41) is 3.28. The van der Waals surface area contributed by atoms with E-state index in [1.54, 1.807) is 29.9 Å². The van der Waals surface area contributed by atoms with Crippen LogP contribution in [-0.4, -0.2) is 42.3 Å². The van der Waals surface area contributed by atoms with Gasteiger partial charge >= 0.3 is 0 Å². The first-order chi connectivity index (χ1) is 14.3. The zero-order valence-corrected chi connectivity index (χ0v) is 18.4. The van der Waals surface area contributed by atoms with Crippen molar-refractivity contribution in [2.24, 2.45) is 13.0 Å². The van der Waals surface area contributed by atoms with Crippen molar-refractivity contribution in [2.75, 3.05) is 13.1 Å². The number of amides is 1. The van der Waals surface area contributed by atoms with Crippen LogP contribution in [0.4, 0.5) is 0 Å². The normalized spacial score (nSPS) is 23.0. The van der Waals surface area contributed by atoms with Crippen molar-refractivity contribution in [1.82, 2.24) is 14.2 Å². The predicted molar refractivity (Wildman–Crippen MR) is 116 cm³/mol. The fourth-order valence-corrected chi connectivity index (χ4v) is 6.19. The number of hydrogen-bond acceptors (Lipinski definition) is 4. The molecule has 0 unspecified atom stereocenters. The van der Waals surface area contributed by atoms with E-state index in [-0.39, 0.29) is 27.8 Å². The Balaban J connectivity index is 1.72. The fourth-order valence-electron chi connectivity index (χ4n) is 4.65. The molecule has 162 valence electrons. The van der Waals surface area contributed by atoms with Gasteiger partial charge in [-0.25, -0.2) is 8.42 Å². The van der Waals surface area contributed by atoms with Crippen molar-refractivity contribution in [3.8, 4) is 0 Å². The number of pyridine rings is 1. The second kappa shape index (κ2) is 8.15. The van der Waals surface area contributed by atoms with Gasteiger partial charge in [-0.15, -0.1) is 0 Å². The molecule has 1 saturated heterocycles. The Bertz CT molecular complexity index is 1130. The standard InChI is InChI=1S/C22H29N3O4S/c1-15-7-3-4-8-19(15)23-22(27)18-14-24(2)20-10-9-16(13-17(20)21(18)26)30(28,29)25-11-5-6-12-25/h9-10,13-15,19H,3-8,11-12H2,1-2H3,(H,23,27)/t15-,19+/m0/s1. The summed E-state index contributed by atoms with van der Waals surface area (Å²) in [6, 6.07) is 4.67. The van der Waals surface area contributed by atoms with E-state index in [0.717, 1.165) is 32.1 Å². The van der Waals surface area contributed by atoms with Crippen LogP contribution in [0.25, 0.3) is 10.9 Å². The van der Waals surface area contributed by atoms with Gasteiger partial charge in [0.1, 0.15) is 5.56 Å². The lowest BCUT2D eigenvalue weighted by Crippen LogP contribution is -2.42. The lowest BCUT2D eigenvalue weighted by Gasteiger charge is -2.29. The molecule has 4 rings (SSSR count). The number of rotatable bonds is 4. The van der Waals surface area contributed by atoms with Crippen LogP contribution in [0.2, 0.25) is 0 Å². The summed E-state index contributed by atoms with van der Waals surface area (Å²) in [5.41, 5.74) is 0.226. The first-order valence-corrected chi connectivity index (χ1v) is 12.2. The van der Waals surface area contributed by atoms with Crippen LogP contribution in [-0.2, 0) is 17.1 Å². The van der Waals surface area contributed by atoms with E-state index in [1.165, 1.54) is 16.8 Å². The summed E-state index contributed by atoms with van der Waals surface area (Å²) in [4.78, 5) is 26.2. The molecule has 0 spiro atoms. The van der Waals surface area contributed by atoms with E-state index >= 15 is 0 Å². The van der Waals surface area contributed by atoms with Crippen LogP contribution in [0, 0.1) is 5.92 Å². The molecule has 1 aromatic carbocycles. The molecule has 30 heavy (non-hydrogen) atoms. The van der Waals surface area contributed by atoms with E-state index in [2.05, 4.69) is 12.2 Å². The van der Waals surface area contributed by atoms with Gasteiger partial charge in [0.2, 0.25) is 15.5 Å². The van der Waals surface area contributed by atoms with Gasteiger partial charge in [-0.3, -0.25) is 9.59 Å². The zero-order chi connectivity index (χ0) is 21.5. The Morgan fingerprint density at radius 2 is 1.80 bits per heavy atom. The maximum Gasteiger partial charge on any atom is 0.256 e. The zero-order valence-electron chi connectivity index (χ0n) is 17.6. The van der Waals surface area contributed by atoms with Crippen LogP contribution in [0.15, 0.2) is 34.1 Å². The second-order valence-corrected chi connectivity index (χ2v) is 10.6. The van der Waals surface area contributed by atoms with Gasteiger partial charge in [0, 0.05) is 37.8 Å². The third-order valence-corrected chi connectivity index (χ3v) is 8.43. The molecule has 1 saturated carbocycles. The molecule has 1 amide bonds. The number of carbonyl (C=O) groups excluding carboxylic acids is 1. The Morgan fingerprint density at radius 3 is 2.50 bits per heavy atom. The molecule has 2 atom stereocenters. The molecular weight excluding hydrogens is 402 g/mol. The summed E-state index contributed by atoms with van der Waals surface area (Å²) in [5.74, 6) is -0.00623. The maximum atomic E-state index is 13.2. The summed E-state index contributed by atoms with van der Waals surface area (Å²) in [6.07, 6.45) is 7.46. The maximum absolute atomic E-state index is 13.2. The molecule has 2 aliphatic rings. The fraction of sp³-hybridized carbons (Fsp3) is 0.545. The van der Waals surface area contributed by atoms with Crippen molar-refractivity contribution in [1.29, 1.82) is 0 Å². The predicted octanol–water partition coefficient (Wildman–Crippen LogP) is 2.63. The molecule has 7 nitrogen and oxygen atoms in total. The van der Waals surface area contributed by atoms with Crippen molar-refractivity contribution >= 4 is 26.8 Å². The highest BCUT2D eigenvalue weighted by molar-refractivity contribution is 7.89. The van der Waals surface area contributed by atoms with Crippen LogP contribution in [0.5, 0.6) is 0 Å². The molecule has 2 aromatic rings. The molecule has 8 heteroatoms. The van der Waals surface area contributed by atoms with Gasteiger partial charge in [-0.2, -0.15) is 4.31 Å². The molecule has 2 fully saturated rings. The van der Waals surface area contributed by atoms with E-state index in [0.29, 0.717) is 24.5 Å². The highest BCUT2D eigenvalue weighted by atomic mass is 32.2. The van der Waals surface area contributed by atoms with Crippen LogP contribution in [0.3, 0.4) is 0 Å². The summed E-state index contributed by atoms with van der Waals surface area (Å²) in [7, 11) is -1.88. The van der Waals surface area contributed by atoms with Gasteiger partial charge in [0.05, 0.1) is 10.4 Å². The minimum atomic E-state index is -3.64. The Labute approximate surface area is 177 Å². The largest absolute Gasteiger partial charge is 0.350 e. The molecule has 1 N–H and O–H groups in total. The number of fused-ring (bicyclic) bond motifs is 1. The highest BCUT2D eigenvalue weighted by Gasteiger charge is 2.28. The Morgan fingerprint density at radius 1 is 1.10 bits per heavy atom. The molecule has 1 aliphatic heterocycles. The lowest BCUT2D eigenvalue weighted by atomic mass is 9.86. The number of carbonyl (C=O) groups is 1. The number of aryl methyl sites for hydroxylation is 1. The summed E-state index contributed by atoms with van der Waals surface area (Å²) in [6.45, 7) is 3.12. The van der Waals surface area contributed by atoms with Gasteiger partial charge in [-0.05, 0) is 49.8 Å². The quantitative estimate of drug-likeness (QED) is 0.806. The third-order valence-electron chi connectivity index (χ3n) is 6.54.